The van der Waals surface area contributed by atoms with Crippen LogP contribution in [-0.4, -0.2) is 23.1 Å². The van der Waals surface area contributed by atoms with Gasteiger partial charge in [-0.3, -0.25) is 14.9 Å². The molecular weight excluding hydrogens is 549 g/mol. The fourth-order valence-corrected chi connectivity index (χ4v) is 4.80. The van der Waals surface area contributed by atoms with Gasteiger partial charge in [0.25, 0.3) is 11.6 Å². The summed E-state index contributed by atoms with van der Waals surface area (Å²) in [4.78, 5) is 28.1. The second kappa shape index (κ2) is 12.2. The zero-order valence-electron chi connectivity index (χ0n) is 20.1. The maximum absolute atomic E-state index is 12.6. The second-order valence-electron chi connectivity index (χ2n) is 7.97. The average Bonchev–Trinajstić information content (AvgIpc) is 3.24. The average molecular weight is 570 g/mol. The number of hydrogen-bond acceptors (Lipinski definition) is 7. The number of halogens is 2. The van der Waals surface area contributed by atoms with Gasteiger partial charge in [-0.1, -0.05) is 47.5 Å². The van der Waals surface area contributed by atoms with Crippen LogP contribution in [0.25, 0.3) is 6.08 Å². The van der Waals surface area contributed by atoms with E-state index in [2.05, 4.69) is 16.9 Å². The number of amides is 1. The molecule has 38 heavy (non-hydrogen) atoms. The van der Waals surface area contributed by atoms with Gasteiger partial charge >= 0.3 is 0 Å². The lowest BCUT2D eigenvalue weighted by Gasteiger charge is -2.16. The van der Waals surface area contributed by atoms with Crippen molar-refractivity contribution in [1.29, 1.82) is 0 Å². The SMILES string of the molecule is C=CCc1cc(/C=C2/SC(=Nc3cccc(Cl)c3Cl)NC2=O)cc(OC)c1OCc1cccc([N+](=O)[O-])c1. The molecule has 0 bridgehead atoms. The number of nitrogens with zero attached hydrogens (tertiary/aromatic N) is 2. The minimum absolute atomic E-state index is 0.0146. The number of carbonyl (C=O) groups is 1. The van der Waals surface area contributed by atoms with Crippen LogP contribution >= 0.6 is 35.0 Å². The van der Waals surface area contributed by atoms with Crippen molar-refractivity contribution in [3.8, 4) is 11.5 Å². The van der Waals surface area contributed by atoms with Crippen molar-refractivity contribution in [3.05, 3.63) is 109 Å². The Balaban J connectivity index is 1.61. The third-order valence-electron chi connectivity index (χ3n) is 5.34. The van der Waals surface area contributed by atoms with E-state index in [9.17, 15) is 14.9 Å². The number of benzene rings is 3. The van der Waals surface area contributed by atoms with Crippen LogP contribution in [0.5, 0.6) is 11.5 Å². The number of nitro benzene ring substituents is 1. The van der Waals surface area contributed by atoms with Gasteiger partial charge in [0.05, 0.1) is 32.7 Å². The second-order valence-corrected chi connectivity index (χ2v) is 9.79. The summed E-state index contributed by atoms with van der Waals surface area (Å²) in [5.74, 6) is 0.634. The van der Waals surface area contributed by atoms with Crippen LogP contribution in [0.1, 0.15) is 16.7 Å². The fraction of sp³-hybridized carbons (Fsp3) is 0.111. The number of non-ortho nitro benzene ring substituents is 1. The Morgan fingerprint density at radius 3 is 2.71 bits per heavy atom. The Bertz CT molecular complexity index is 1490. The molecule has 1 heterocycles. The third-order valence-corrected chi connectivity index (χ3v) is 7.06. The van der Waals surface area contributed by atoms with Gasteiger partial charge in [-0.25, -0.2) is 4.99 Å². The normalized spacial score (nSPS) is 15.0. The van der Waals surface area contributed by atoms with Crippen LogP contribution in [0.3, 0.4) is 0 Å². The molecule has 194 valence electrons. The predicted molar refractivity (Wildman–Crippen MR) is 152 cm³/mol. The van der Waals surface area contributed by atoms with Crippen molar-refractivity contribution in [2.75, 3.05) is 7.11 Å². The van der Waals surface area contributed by atoms with Crippen LogP contribution in [0.4, 0.5) is 11.4 Å². The number of ether oxygens (including phenoxy) is 2. The minimum atomic E-state index is -0.452. The smallest absolute Gasteiger partial charge is 0.269 e. The van der Waals surface area contributed by atoms with E-state index in [0.717, 1.165) is 5.56 Å². The van der Waals surface area contributed by atoms with Crippen LogP contribution in [0.2, 0.25) is 10.0 Å². The number of rotatable bonds is 9. The van der Waals surface area contributed by atoms with E-state index in [1.165, 1.54) is 31.0 Å². The summed E-state index contributed by atoms with van der Waals surface area (Å²) in [5, 5.41) is 14.9. The first-order valence-corrected chi connectivity index (χ1v) is 12.8. The maximum atomic E-state index is 12.6. The highest BCUT2D eigenvalue weighted by Crippen LogP contribution is 2.37. The molecule has 0 atom stereocenters. The number of amidine groups is 1. The van der Waals surface area contributed by atoms with E-state index >= 15 is 0 Å². The molecule has 0 unspecified atom stereocenters. The van der Waals surface area contributed by atoms with Crippen molar-refractivity contribution >= 4 is 63.5 Å². The Morgan fingerprint density at radius 1 is 1.18 bits per heavy atom. The fourth-order valence-electron chi connectivity index (χ4n) is 3.62. The Kier molecular flexibility index (Phi) is 8.73. The summed E-state index contributed by atoms with van der Waals surface area (Å²) in [5.41, 5.74) is 2.56. The summed E-state index contributed by atoms with van der Waals surface area (Å²) in [6, 6.07) is 14.9. The van der Waals surface area contributed by atoms with Crippen molar-refractivity contribution in [2.24, 2.45) is 4.99 Å². The van der Waals surface area contributed by atoms with Crippen LogP contribution in [0.15, 0.2) is 77.1 Å². The molecule has 0 aliphatic carbocycles. The number of carbonyl (C=O) groups excluding carboxylic acids is 1. The zero-order chi connectivity index (χ0) is 27.2. The minimum Gasteiger partial charge on any atom is -0.493 e. The molecule has 0 spiro atoms. The molecule has 1 fully saturated rings. The van der Waals surface area contributed by atoms with Gasteiger partial charge in [0.15, 0.2) is 16.7 Å². The predicted octanol–water partition coefficient (Wildman–Crippen LogP) is 7.11. The number of nitro groups is 1. The van der Waals surface area contributed by atoms with E-state index in [-0.39, 0.29) is 18.2 Å². The van der Waals surface area contributed by atoms with E-state index in [1.54, 1.807) is 48.6 Å². The molecule has 4 rings (SSSR count). The van der Waals surface area contributed by atoms with Crippen LogP contribution < -0.4 is 14.8 Å². The Hall–Kier alpha value is -3.79. The molecule has 11 heteroatoms. The van der Waals surface area contributed by atoms with Crippen molar-refractivity contribution in [1.82, 2.24) is 5.32 Å². The highest BCUT2D eigenvalue weighted by atomic mass is 35.5. The summed E-state index contributed by atoms with van der Waals surface area (Å²) in [7, 11) is 1.51. The van der Waals surface area contributed by atoms with Gasteiger partial charge in [0.1, 0.15) is 6.61 Å². The molecule has 8 nitrogen and oxygen atoms in total. The van der Waals surface area contributed by atoms with E-state index in [4.69, 9.17) is 32.7 Å². The van der Waals surface area contributed by atoms with E-state index < -0.39 is 4.92 Å². The lowest BCUT2D eigenvalue weighted by atomic mass is 10.0. The third kappa shape index (κ3) is 6.36. The van der Waals surface area contributed by atoms with Gasteiger partial charge in [0.2, 0.25) is 0 Å². The number of hydrogen-bond donors (Lipinski definition) is 1. The van der Waals surface area contributed by atoms with Gasteiger partial charge in [-0.2, -0.15) is 0 Å². The summed E-state index contributed by atoms with van der Waals surface area (Å²) >= 11 is 13.4. The first-order chi connectivity index (χ1) is 18.3. The number of allylic oxidation sites excluding steroid dienone is 1. The number of nitrogens with one attached hydrogen (secondary N) is 1. The highest BCUT2D eigenvalue weighted by Gasteiger charge is 2.25. The topological polar surface area (TPSA) is 103 Å². The molecule has 0 saturated carbocycles. The maximum Gasteiger partial charge on any atom is 0.269 e. The first kappa shape index (κ1) is 27.3. The highest BCUT2D eigenvalue weighted by molar-refractivity contribution is 8.18. The van der Waals surface area contributed by atoms with Gasteiger partial charge in [-0.15, -0.1) is 6.58 Å². The van der Waals surface area contributed by atoms with E-state index in [0.29, 0.717) is 54.9 Å². The summed E-state index contributed by atoms with van der Waals surface area (Å²) in [6.45, 7) is 3.92. The molecule has 1 N–H and O–H groups in total. The summed E-state index contributed by atoms with van der Waals surface area (Å²) in [6.07, 6.45) is 3.92. The first-order valence-electron chi connectivity index (χ1n) is 11.2. The number of methoxy groups -OCH3 is 1. The summed E-state index contributed by atoms with van der Waals surface area (Å²) < 4.78 is 11.6. The lowest BCUT2D eigenvalue weighted by Crippen LogP contribution is -2.19. The van der Waals surface area contributed by atoms with Crippen LogP contribution in [0, 0.1) is 10.1 Å². The molecule has 1 saturated heterocycles. The van der Waals surface area contributed by atoms with Gasteiger partial charge in [0, 0.05) is 17.7 Å². The number of thioether (sulfide) groups is 1. The van der Waals surface area contributed by atoms with Crippen LogP contribution in [-0.2, 0) is 17.8 Å². The lowest BCUT2D eigenvalue weighted by molar-refractivity contribution is -0.384. The Labute approximate surface area is 233 Å². The monoisotopic (exact) mass is 569 g/mol. The molecule has 3 aromatic rings. The van der Waals surface area contributed by atoms with E-state index in [1.807, 2.05) is 6.07 Å². The van der Waals surface area contributed by atoms with Gasteiger partial charge in [-0.05, 0) is 59.7 Å². The quantitative estimate of drug-likeness (QED) is 0.127. The Morgan fingerprint density at radius 2 is 1.97 bits per heavy atom. The molecule has 1 aliphatic heterocycles. The zero-order valence-corrected chi connectivity index (χ0v) is 22.4. The standard InChI is InChI=1S/C27H21Cl2N3O5S/c1-3-6-18-11-17(13-22(36-2)25(18)37-15-16-7-4-8-19(12-16)32(34)35)14-23-26(33)31-27(38-23)30-21-10-5-9-20(28)24(21)29/h3-5,7-14H,1,6,15H2,2H3,(H,30,31,33)/b23-14+. The van der Waals surface area contributed by atoms with Crippen molar-refractivity contribution in [3.63, 3.8) is 0 Å². The largest absolute Gasteiger partial charge is 0.493 e. The van der Waals surface area contributed by atoms with Crippen molar-refractivity contribution < 1.29 is 19.2 Å². The molecule has 3 aromatic carbocycles. The van der Waals surface area contributed by atoms with Gasteiger partial charge < -0.3 is 14.8 Å². The molecule has 1 aliphatic rings. The number of aliphatic imine (C=N–C) groups is 1. The molecular formula is C27H21Cl2N3O5S. The molecule has 1 amide bonds. The molecule has 0 aromatic heterocycles. The molecule has 0 radical (unpaired) electrons. The van der Waals surface area contributed by atoms with Crippen molar-refractivity contribution in [2.45, 2.75) is 13.0 Å².